The second kappa shape index (κ2) is 11.5. The highest BCUT2D eigenvalue weighted by Gasteiger charge is 2.26. The Morgan fingerprint density at radius 3 is 2.40 bits per heavy atom. The molecule has 2 aliphatic rings. The topological polar surface area (TPSA) is 62.1 Å². The van der Waals surface area contributed by atoms with Crippen molar-refractivity contribution in [3.8, 4) is 5.75 Å². The first-order chi connectivity index (χ1) is 17.2. The van der Waals surface area contributed by atoms with Crippen LogP contribution in [0.2, 0.25) is 0 Å². The molecule has 2 fully saturated rings. The number of rotatable bonds is 8. The lowest BCUT2D eigenvalue weighted by molar-refractivity contribution is 0.0602. The van der Waals surface area contributed by atoms with Gasteiger partial charge in [0.05, 0.1) is 12.9 Å². The van der Waals surface area contributed by atoms with Crippen LogP contribution in [0, 0.1) is 5.92 Å². The van der Waals surface area contributed by atoms with E-state index in [9.17, 15) is 4.79 Å². The first-order valence-corrected chi connectivity index (χ1v) is 12.6. The number of pyridine rings is 1. The molecule has 3 aromatic rings. The Kier molecular flexibility index (Phi) is 7.75. The van der Waals surface area contributed by atoms with E-state index in [-0.39, 0.29) is 5.91 Å². The van der Waals surface area contributed by atoms with Gasteiger partial charge in [-0.3, -0.25) is 19.6 Å². The predicted molar refractivity (Wildman–Crippen MR) is 134 cm³/mol. The highest BCUT2D eigenvalue weighted by Crippen LogP contribution is 2.21. The number of furan rings is 1. The van der Waals surface area contributed by atoms with Gasteiger partial charge in [-0.05, 0) is 54.3 Å². The minimum Gasteiger partial charge on any atom is -0.493 e. The molecule has 7 nitrogen and oxygen atoms in total. The Hall–Kier alpha value is -3.16. The Morgan fingerprint density at radius 1 is 0.943 bits per heavy atom. The Balaban J connectivity index is 1.04. The maximum absolute atomic E-state index is 12.6. The molecule has 0 unspecified atom stereocenters. The van der Waals surface area contributed by atoms with Gasteiger partial charge in [0.2, 0.25) is 0 Å². The summed E-state index contributed by atoms with van der Waals surface area (Å²) in [5.41, 5.74) is 2.59. The van der Waals surface area contributed by atoms with E-state index >= 15 is 0 Å². The zero-order valence-corrected chi connectivity index (χ0v) is 20.2. The largest absolute Gasteiger partial charge is 0.493 e. The van der Waals surface area contributed by atoms with Crippen molar-refractivity contribution in [1.82, 2.24) is 19.7 Å². The molecular weight excluding hydrogens is 440 g/mol. The smallest absolute Gasteiger partial charge is 0.289 e. The fourth-order valence-corrected chi connectivity index (χ4v) is 4.96. The van der Waals surface area contributed by atoms with E-state index in [1.54, 1.807) is 18.4 Å². The first kappa shape index (κ1) is 23.6. The molecule has 35 heavy (non-hydrogen) atoms. The van der Waals surface area contributed by atoms with Crippen LogP contribution >= 0.6 is 0 Å². The number of nitrogens with zero attached hydrogens (tertiary/aromatic N) is 4. The molecule has 7 heteroatoms. The number of hydrogen-bond donors (Lipinski definition) is 0. The molecule has 2 aromatic heterocycles. The maximum Gasteiger partial charge on any atom is 0.289 e. The standard InChI is InChI=1S/C28H34N4O3/c33-28(27-6-3-17-34-27)32-12-2-5-25(21-32)22-35-26-9-7-23(8-10-26)19-30-13-15-31(16-14-30)20-24-4-1-11-29-18-24/h1,3-4,6-11,17-18,25H,2,5,12-16,19-22H2/t25-/m1/s1. The summed E-state index contributed by atoms with van der Waals surface area (Å²) in [6.45, 7) is 8.37. The molecule has 0 N–H and O–H groups in total. The summed E-state index contributed by atoms with van der Waals surface area (Å²) < 4.78 is 11.4. The van der Waals surface area contributed by atoms with Gasteiger partial charge in [0, 0.05) is 70.7 Å². The zero-order chi connectivity index (χ0) is 23.9. The number of benzene rings is 1. The van der Waals surface area contributed by atoms with Crippen molar-refractivity contribution >= 4 is 5.91 Å². The monoisotopic (exact) mass is 474 g/mol. The third kappa shape index (κ3) is 6.50. The minimum absolute atomic E-state index is 0.0260. The molecule has 0 radical (unpaired) electrons. The molecule has 1 amide bonds. The molecule has 184 valence electrons. The van der Waals surface area contributed by atoms with Gasteiger partial charge < -0.3 is 14.1 Å². The third-order valence-electron chi connectivity index (χ3n) is 6.95. The zero-order valence-electron chi connectivity index (χ0n) is 20.2. The summed E-state index contributed by atoms with van der Waals surface area (Å²) in [4.78, 5) is 23.7. The number of piperazine rings is 1. The summed E-state index contributed by atoms with van der Waals surface area (Å²) in [7, 11) is 0. The Morgan fingerprint density at radius 2 is 1.71 bits per heavy atom. The van der Waals surface area contributed by atoms with Gasteiger partial charge in [-0.15, -0.1) is 0 Å². The molecule has 0 saturated carbocycles. The van der Waals surface area contributed by atoms with Crippen LogP contribution in [0.25, 0.3) is 0 Å². The van der Waals surface area contributed by atoms with Gasteiger partial charge in [0.25, 0.3) is 5.91 Å². The lowest BCUT2D eigenvalue weighted by Crippen LogP contribution is -2.45. The number of amides is 1. The summed E-state index contributed by atoms with van der Waals surface area (Å²) in [5, 5.41) is 0. The molecule has 1 atom stereocenters. The van der Waals surface area contributed by atoms with Crippen molar-refractivity contribution in [3.05, 3.63) is 84.1 Å². The van der Waals surface area contributed by atoms with Crippen LogP contribution < -0.4 is 4.74 Å². The van der Waals surface area contributed by atoms with E-state index in [0.29, 0.717) is 24.8 Å². The summed E-state index contributed by atoms with van der Waals surface area (Å²) in [6.07, 6.45) is 7.40. The lowest BCUT2D eigenvalue weighted by atomic mass is 9.98. The molecule has 2 saturated heterocycles. The van der Waals surface area contributed by atoms with Crippen LogP contribution in [-0.2, 0) is 13.1 Å². The van der Waals surface area contributed by atoms with E-state index in [4.69, 9.17) is 9.15 Å². The van der Waals surface area contributed by atoms with Crippen molar-refractivity contribution in [1.29, 1.82) is 0 Å². The van der Waals surface area contributed by atoms with Crippen molar-refractivity contribution < 1.29 is 13.9 Å². The number of piperidine rings is 1. The number of likely N-dealkylation sites (tertiary alicyclic amines) is 1. The fraction of sp³-hybridized carbons (Fsp3) is 0.429. The van der Waals surface area contributed by atoms with Crippen molar-refractivity contribution in [2.75, 3.05) is 45.9 Å². The lowest BCUT2D eigenvalue weighted by Gasteiger charge is -2.34. The highest BCUT2D eigenvalue weighted by atomic mass is 16.5. The van der Waals surface area contributed by atoms with Crippen LogP contribution in [0.15, 0.2) is 71.6 Å². The average molecular weight is 475 g/mol. The SMILES string of the molecule is O=C(c1ccco1)N1CCC[C@@H](COc2ccc(CN3CCN(Cc4cccnc4)CC3)cc2)C1. The quantitative estimate of drug-likeness (QED) is 0.493. The predicted octanol–water partition coefficient (Wildman–Crippen LogP) is 3.92. The Bertz CT molecular complexity index is 1050. The summed E-state index contributed by atoms with van der Waals surface area (Å²) in [5.74, 6) is 1.62. The van der Waals surface area contributed by atoms with Crippen LogP contribution in [0.5, 0.6) is 5.75 Å². The number of aromatic nitrogens is 1. The molecule has 5 rings (SSSR count). The normalized spacial score (nSPS) is 19.5. The van der Waals surface area contributed by atoms with Crippen LogP contribution in [0.1, 0.15) is 34.5 Å². The second-order valence-electron chi connectivity index (χ2n) is 9.61. The first-order valence-electron chi connectivity index (χ1n) is 12.6. The fourth-order valence-electron chi connectivity index (χ4n) is 4.96. The van der Waals surface area contributed by atoms with E-state index in [1.807, 2.05) is 23.4 Å². The van der Waals surface area contributed by atoms with Crippen LogP contribution in [0.4, 0.5) is 0 Å². The van der Waals surface area contributed by atoms with Gasteiger partial charge in [0.15, 0.2) is 5.76 Å². The molecule has 2 aliphatic heterocycles. The van der Waals surface area contributed by atoms with Crippen LogP contribution in [-0.4, -0.2) is 71.5 Å². The molecule has 1 aromatic carbocycles. The molecule has 0 aliphatic carbocycles. The Labute approximate surface area is 207 Å². The van der Waals surface area contributed by atoms with Crippen molar-refractivity contribution in [2.45, 2.75) is 25.9 Å². The number of carbonyl (C=O) groups excluding carboxylic acids is 1. The average Bonchev–Trinajstić information content (AvgIpc) is 3.45. The minimum atomic E-state index is -0.0260. The van der Waals surface area contributed by atoms with Gasteiger partial charge >= 0.3 is 0 Å². The summed E-state index contributed by atoms with van der Waals surface area (Å²) in [6, 6.07) is 16.1. The molecular formula is C28H34N4O3. The molecule has 4 heterocycles. The second-order valence-corrected chi connectivity index (χ2v) is 9.61. The van der Waals surface area contributed by atoms with Gasteiger partial charge in [0.1, 0.15) is 5.75 Å². The number of hydrogen-bond acceptors (Lipinski definition) is 6. The van der Waals surface area contributed by atoms with E-state index in [1.165, 1.54) is 11.1 Å². The van der Waals surface area contributed by atoms with Crippen molar-refractivity contribution in [2.24, 2.45) is 5.92 Å². The van der Waals surface area contributed by atoms with Crippen LogP contribution in [0.3, 0.4) is 0 Å². The molecule has 0 spiro atoms. The summed E-state index contributed by atoms with van der Waals surface area (Å²) >= 11 is 0. The van der Waals surface area contributed by atoms with Gasteiger partial charge in [-0.1, -0.05) is 18.2 Å². The number of ether oxygens (including phenoxy) is 1. The van der Waals surface area contributed by atoms with Crippen molar-refractivity contribution in [3.63, 3.8) is 0 Å². The third-order valence-corrected chi connectivity index (χ3v) is 6.95. The maximum atomic E-state index is 12.6. The van der Waals surface area contributed by atoms with E-state index in [2.05, 4.69) is 45.1 Å². The molecule has 0 bridgehead atoms. The highest BCUT2D eigenvalue weighted by molar-refractivity contribution is 5.91. The van der Waals surface area contributed by atoms with E-state index < -0.39 is 0 Å². The van der Waals surface area contributed by atoms with Gasteiger partial charge in [-0.25, -0.2) is 0 Å². The van der Waals surface area contributed by atoms with E-state index in [0.717, 1.165) is 64.4 Å². The number of carbonyl (C=O) groups is 1. The van der Waals surface area contributed by atoms with Gasteiger partial charge in [-0.2, -0.15) is 0 Å².